The number of nitrogens with zero attached hydrogens (tertiary/aromatic N) is 2. The Kier molecular flexibility index (Phi) is 3.13. The standard InChI is InChI=1S/C15H17ClN2/c1-11-8-13(16)4-5-14(11)15(12-2-3-12)9-18-7-6-17-10-18/h4-8,10,12,15H,2-3,9H2,1H3. The predicted molar refractivity (Wildman–Crippen MR) is 73.9 cm³/mol. The maximum atomic E-state index is 6.04. The minimum atomic E-state index is 0.594. The molecule has 3 heteroatoms. The van der Waals surface area contributed by atoms with E-state index in [1.54, 1.807) is 0 Å². The van der Waals surface area contributed by atoms with Gasteiger partial charge in [0.25, 0.3) is 0 Å². The van der Waals surface area contributed by atoms with Crippen molar-refractivity contribution in [3.63, 3.8) is 0 Å². The number of hydrogen-bond acceptors (Lipinski definition) is 1. The molecular formula is C15H17ClN2. The number of rotatable bonds is 4. The minimum absolute atomic E-state index is 0.594. The summed E-state index contributed by atoms with van der Waals surface area (Å²) in [5, 5.41) is 0.827. The Morgan fingerprint density at radius 2 is 2.28 bits per heavy atom. The van der Waals surface area contributed by atoms with Crippen LogP contribution < -0.4 is 0 Å². The lowest BCUT2D eigenvalue weighted by Gasteiger charge is -2.19. The maximum Gasteiger partial charge on any atom is 0.0946 e. The van der Waals surface area contributed by atoms with Crippen molar-refractivity contribution in [2.24, 2.45) is 5.92 Å². The fourth-order valence-electron chi connectivity index (χ4n) is 2.68. The Morgan fingerprint density at radius 1 is 1.44 bits per heavy atom. The van der Waals surface area contributed by atoms with Crippen LogP contribution in [0.2, 0.25) is 5.02 Å². The van der Waals surface area contributed by atoms with E-state index in [2.05, 4.69) is 28.6 Å². The van der Waals surface area contributed by atoms with Crippen molar-refractivity contribution in [2.45, 2.75) is 32.2 Å². The van der Waals surface area contributed by atoms with Gasteiger partial charge in [0.1, 0.15) is 0 Å². The van der Waals surface area contributed by atoms with Crippen molar-refractivity contribution < 1.29 is 0 Å². The summed E-state index contributed by atoms with van der Waals surface area (Å²) in [4.78, 5) is 4.13. The first-order valence-electron chi connectivity index (χ1n) is 6.46. The summed E-state index contributed by atoms with van der Waals surface area (Å²) in [6.45, 7) is 3.18. The van der Waals surface area contributed by atoms with Crippen molar-refractivity contribution in [1.29, 1.82) is 0 Å². The van der Waals surface area contributed by atoms with Gasteiger partial charge in [0.05, 0.1) is 6.33 Å². The second-order valence-corrected chi connectivity index (χ2v) is 5.64. The van der Waals surface area contributed by atoms with E-state index in [0.29, 0.717) is 5.92 Å². The van der Waals surface area contributed by atoms with Gasteiger partial charge in [-0.05, 0) is 48.9 Å². The predicted octanol–water partition coefficient (Wildman–Crippen LogP) is 4.04. The summed E-state index contributed by atoms with van der Waals surface area (Å²) in [5.74, 6) is 1.42. The van der Waals surface area contributed by atoms with Crippen LogP contribution in [0.4, 0.5) is 0 Å². The summed E-state index contributed by atoms with van der Waals surface area (Å²) in [7, 11) is 0. The number of aromatic nitrogens is 2. The highest BCUT2D eigenvalue weighted by Crippen LogP contribution is 2.44. The lowest BCUT2D eigenvalue weighted by molar-refractivity contribution is 0.505. The Morgan fingerprint density at radius 3 is 2.89 bits per heavy atom. The molecule has 3 rings (SSSR count). The van der Waals surface area contributed by atoms with Gasteiger partial charge in [0.2, 0.25) is 0 Å². The van der Waals surface area contributed by atoms with Crippen LogP contribution in [0.15, 0.2) is 36.9 Å². The number of benzene rings is 1. The maximum absolute atomic E-state index is 6.04. The number of hydrogen-bond donors (Lipinski definition) is 0. The topological polar surface area (TPSA) is 17.8 Å². The molecule has 0 amide bonds. The number of imidazole rings is 1. The molecule has 0 N–H and O–H groups in total. The zero-order valence-electron chi connectivity index (χ0n) is 10.5. The highest BCUT2D eigenvalue weighted by Gasteiger charge is 2.33. The molecule has 0 aliphatic heterocycles. The van der Waals surface area contributed by atoms with Crippen LogP contribution in [0.3, 0.4) is 0 Å². The molecule has 1 atom stereocenters. The molecule has 1 aromatic heterocycles. The van der Waals surface area contributed by atoms with Gasteiger partial charge in [-0.15, -0.1) is 0 Å². The van der Waals surface area contributed by atoms with Crippen LogP contribution in [0.5, 0.6) is 0 Å². The number of halogens is 1. The van der Waals surface area contributed by atoms with Gasteiger partial charge in [-0.25, -0.2) is 4.98 Å². The molecule has 1 unspecified atom stereocenters. The molecule has 0 saturated heterocycles. The van der Waals surface area contributed by atoms with Gasteiger partial charge < -0.3 is 4.57 Å². The molecule has 1 aliphatic carbocycles. The van der Waals surface area contributed by atoms with Gasteiger partial charge in [-0.3, -0.25) is 0 Å². The third kappa shape index (κ3) is 2.44. The summed E-state index contributed by atoms with van der Waals surface area (Å²) in [6.07, 6.45) is 8.49. The quantitative estimate of drug-likeness (QED) is 0.811. The van der Waals surface area contributed by atoms with E-state index in [0.717, 1.165) is 17.5 Å². The summed E-state index contributed by atoms with van der Waals surface area (Å²) in [6, 6.07) is 6.27. The van der Waals surface area contributed by atoms with Crippen LogP contribution >= 0.6 is 11.6 Å². The molecule has 1 fully saturated rings. The Balaban J connectivity index is 1.89. The highest BCUT2D eigenvalue weighted by molar-refractivity contribution is 6.30. The Bertz CT molecular complexity index is 529. The number of aryl methyl sites for hydroxylation is 1. The smallest absolute Gasteiger partial charge is 0.0946 e. The second-order valence-electron chi connectivity index (χ2n) is 5.20. The molecule has 1 heterocycles. The normalized spacial score (nSPS) is 16.8. The molecule has 1 aromatic carbocycles. The summed E-state index contributed by atoms with van der Waals surface area (Å²) in [5.41, 5.74) is 2.75. The minimum Gasteiger partial charge on any atom is -0.337 e. The van der Waals surface area contributed by atoms with Gasteiger partial charge in [-0.1, -0.05) is 17.7 Å². The van der Waals surface area contributed by atoms with Crippen LogP contribution in [-0.4, -0.2) is 9.55 Å². The lowest BCUT2D eigenvalue weighted by Crippen LogP contribution is -2.11. The molecule has 0 radical (unpaired) electrons. The summed E-state index contributed by atoms with van der Waals surface area (Å²) < 4.78 is 2.18. The molecular weight excluding hydrogens is 244 g/mol. The molecule has 0 bridgehead atoms. The largest absolute Gasteiger partial charge is 0.337 e. The van der Waals surface area contributed by atoms with E-state index < -0.39 is 0 Å². The molecule has 0 spiro atoms. The third-order valence-corrected chi connectivity index (χ3v) is 4.02. The average Bonchev–Trinajstić information content (AvgIpc) is 3.05. The van der Waals surface area contributed by atoms with Gasteiger partial charge >= 0.3 is 0 Å². The highest BCUT2D eigenvalue weighted by atomic mass is 35.5. The van der Waals surface area contributed by atoms with Crippen LogP contribution in [0.25, 0.3) is 0 Å². The first-order chi connectivity index (χ1) is 8.74. The lowest BCUT2D eigenvalue weighted by atomic mass is 9.90. The Labute approximate surface area is 113 Å². The second kappa shape index (κ2) is 4.77. The van der Waals surface area contributed by atoms with Crippen molar-refractivity contribution in [2.75, 3.05) is 0 Å². The fourth-order valence-corrected chi connectivity index (χ4v) is 2.90. The van der Waals surface area contributed by atoms with Gasteiger partial charge in [-0.2, -0.15) is 0 Å². The fraction of sp³-hybridized carbons (Fsp3) is 0.400. The van der Waals surface area contributed by atoms with E-state index in [4.69, 9.17) is 11.6 Å². The molecule has 1 saturated carbocycles. The van der Waals surface area contributed by atoms with Crippen LogP contribution in [-0.2, 0) is 6.54 Å². The van der Waals surface area contributed by atoms with Crippen molar-refractivity contribution in [3.05, 3.63) is 53.1 Å². The first kappa shape index (κ1) is 11.8. The third-order valence-electron chi connectivity index (χ3n) is 3.79. The molecule has 2 nitrogen and oxygen atoms in total. The van der Waals surface area contributed by atoms with Crippen LogP contribution in [0.1, 0.15) is 29.9 Å². The van der Waals surface area contributed by atoms with Crippen LogP contribution in [0, 0.1) is 12.8 Å². The summed E-state index contributed by atoms with van der Waals surface area (Å²) >= 11 is 6.04. The van der Waals surface area contributed by atoms with E-state index in [9.17, 15) is 0 Å². The zero-order chi connectivity index (χ0) is 12.5. The van der Waals surface area contributed by atoms with Crippen molar-refractivity contribution >= 4 is 11.6 Å². The molecule has 2 aromatic rings. The van der Waals surface area contributed by atoms with E-state index in [1.807, 2.05) is 24.8 Å². The molecule has 1 aliphatic rings. The monoisotopic (exact) mass is 260 g/mol. The van der Waals surface area contributed by atoms with Crippen molar-refractivity contribution in [1.82, 2.24) is 9.55 Å². The van der Waals surface area contributed by atoms with E-state index in [1.165, 1.54) is 24.0 Å². The average molecular weight is 261 g/mol. The van der Waals surface area contributed by atoms with Gasteiger partial charge in [0.15, 0.2) is 0 Å². The zero-order valence-corrected chi connectivity index (χ0v) is 11.3. The first-order valence-corrected chi connectivity index (χ1v) is 6.83. The SMILES string of the molecule is Cc1cc(Cl)ccc1C(Cn1ccnc1)C1CC1. The van der Waals surface area contributed by atoms with E-state index >= 15 is 0 Å². The van der Waals surface area contributed by atoms with Crippen molar-refractivity contribution in [3.8, 4) is 0 Å². The molecule has 18 heavy (non-hydrogen) atoms. The molecule has 94 valence electrons. The van der Waals surface area contributed by atoms with E-state index in [-0.39, 0.29) is 0 Å². The Hall–Kier alpha value is -1.28. The van der Waals surface area contributed by atoms with Gasteiger partial charge in [0, 0.05) is 29.9 Å².